The predicted octanol–water partition coefficient (Wildman–Crippen LogP) is 1.15. The van der Waals surface area contributed by atoms with Gasteiger partial charge in [-0.2, -0.15) is 0 Å². The number of carbonyl (C=O) groups excluding carboxylic acids is 2. The molecule has 2 heterocycles. The highest BCUT2D eigenvalue weighted by Gasteiger charge is 2.53. The van der Waals surface area contributed by atoms with Crippen LogP contribution in [0.15, 0.2) is 0 Å². The molecule has 2 aliphatic heterocycles. The maximum atomic E-state index is 11.4. The zero-order valence-corrected chi connectivity index (χ0v) is 15.0. The molecule has 8 heteroatoms. The van der Waals surface area contributed by atoms with E-state index in [0.29, 0.717) is 6.61 Å². The lowest BCUT2D eigenvalue weighted by atomic mass is 10.0. The van der Waals surface area contributed by atoms with Crippen LogP contribution >= 0.6 is 0 Å². The second kappa shape index (κ2) is 6.95. The highest BCUT2D eigenvalue weighted by atomic mass is 16.8. The summed E-state index contributed by atoms with van der Waals surface area (Å²) in [5.41, 5.74) is 0. The van der Waals surface area contributed by atoms with Gasteiger partial charge in [0, 0.05) is 13.8 Å². The van der Waals surface area contributed by atoms with E-state index >= 15 is 0 Å². The number of esters is 2. The highest BCUT2D eigenvalue weighted by molar-refractivity contribution is 5.67. The molecule has 0 aromatic heterocycles. The highest BCUT2D eigenvalue weighted by Crippen LogP contribution is 2.37. The minimum Gasteiger partial charge on any atom is -0.462 e. The third kappa shape index (κ3) is 4.89. The van der Waals surface area contributed by atoms with Gasteiger partial charge in [-0.1, -0.05) is 0 Å². The molecule has 0 saturated carbocycles. The molecule has 4 atom stereocenters. The molecular formula is C16H26O8. The molecule has 2 fully saturated rings. The first kappa shape index (κ1) is 19.1. The monoisotopic (exact) mass is 346 g/mol. The van der Waals surface area contributed by atoms with Crippen molar-refractivity contribution in [1.82, 2.24) is 0 Å². The van der Waals surface area contributed by atoms with Gasteiger partial charge in [-0.15, -0.1) is 0 Å². The zero-order chi connectivity index (χ0) is 18.1. The molecule has 0 spiro atoms. The average Bonchev–Trinajstić information content (AvgIpc) is 2.93. The summed E-state index contributed by atoms with van der Waals surface area (Å²) in [6, 6.07) is 0. The van der Waals surface area contributed by atoms with Crippen LogP contribution in [0, 0.1) is 0 Å². The fraction of sp³-hybridized carbons (Fsp3) is 0.875. The van der Waals surface area contributed by atoms with Gasteiger partial charge in [0.05, 0.1) is 6.61 Å². The van der Waals surface area contributed by atoms with Crippen molar-refractivity contribution in [2.45, 2.75) is 77.5 Å². The molecule has 8 nitrogen and oxygen atoms in total. The van der Waals surface area contributed by atoms with E-state index in [0.717, 1.165) is 0 Å². The Morgan fingerprint density at radius 3 is 2.21 bits per heavy atom. The van der Waals surface area contributed by atoms with Crippen molar-refractivity contribution < 1.29 is 38.0 Å². The van der Waals surface area contributed by atoms with Crippen LogP contribution in [0.5, 0.6) is 0 Å². The predicted molar refractivity (Wildman–Crippen MR) is 80.9 cm³/mol. The SMILES string of the molecule is CC(=O)OC[C@@H](OC(C)=O)[C@@H]1OC(C)(C)O[C@H]1[C@@H]1COC(C)(C)O1. The summed E-state index contributed by atoms with van der Waals surface area (Å²) < 4.78 is 33.6. The quantitative estimate of drug-likeness (QED) is 0.685. The molecule has 24 heavy (non-hydrogen) atoms. The Morgan fingerprint density at radius 1 is 1.04 bits per heavy atom. The Bertz CT molecular complexity index is 486. The standard InChI is InChI=1S/C16H26O8/c1-9(17)19-7-11(21-10(2)18)13-14(24-16(5,6)23-13)12-8-20-15(3,4)22-12/h11-14H,7-8H2,1-6H3/t11-,12+,13+,14+/m1/s1. The maximum absolute atomic E-state index is 11.4. The van der Waals surface area contributed by atoms with Gasteiger partial charge in [0.25, 0.3) is 0 Å². The number of rotatable bonds is 5. The Kier molecular flexibility index (Phi) is 5.54. The van der Waals surface area contributed by atoms with Crippen molar-refractivity contribution in [1.29, 1.82) is 0 Å². The fourth-order valence-electron chi connectivity index (χ4n) is 2.88. The van der Waals surface area contributed by atoms with Gasteiger partial charge in [0.15, 0.2) is 17.7 Å². The first-order chi connectivity index (χ1) is 11.0. The Balaban J connectivity index is 2.17. The first-order valence-electron chi connectivity index (χ1n) is 7.97. The van der Waals surface area contributed by atoms with Gasteiger partial charge < -0.3 is 28.4 Å². The van der Waals surface area contributed by atoms with E-state index in [1.807, 2.05) is 13.8 Å². The molecule has 0 aromatic carbocycles. The summed E-state index contributed by atoms with van der Waals surface area (Å²) in [7, 11) is 0. The van der Waals surface area contributed by atoms with E-state index in [-0.39, 0.29) is 12.7 Å². The molecule has 0 amide bonds. The van der Waals surface area contributed by atoms with Crippen LogP contribution in [-0.4, -0.2) is 61.1 Å². The lowest BCUT2D eigenvalue weighted by Gasteiger charge is -2.28. The molecule has 0 radical (unpaired) electrons. The molecule has 0 N–H and O–H groups in total. The molecule has 2 aliphatic rings. The smallest absolute Gasteiger partial charge is 0.303 e. The normalized spacial score (nSPS) is 32.3. The maximum Gasteiger partial charge on any atom is 0.303 e. The van der Waals surface area contributed by atoms with Crippen LogP contribution in [0.25, 0.3) is 0 Å². The van der Waals surface area contributed by atoms with E-state index in [1.165, 1.54) is 13.8 Å². The summed E-state index contributed by atoms with van der Waals surface area (Å²) in [6.45, 7) is 9.93. The van der Waals surface area contributed by atoms with Crippen LogP contribution in [0.3, 0.4) is 0 Å². The van der Waals surface area contributed by atoms with Gasteiger partial charge in [0.2, 0.25) is 0 Å². The van der Waals surface area contributed by atoms with Crippen molar-refractivity contribution in [3.05, 3.63) is 0 Å². The average molecular weight is 346 g/mol. The number of ether oxygens (including phenoxy) is 6. The first-order valence-corrected chi connectivity index (χ1v) is 7.97. The third-order valence-electron chi connectivity index (χ3n) is 3.70. The van der Waals surface area contributed by atoms with Gasteiger partial charge in [-0.25, -0.2) is 0 Å². The molecule has 0 bridgehead atoms. The third-order valence-corrected chi connectivity index (χ3v) is 3.70. The van der Waals surface area contributed by atoms with E-state index in [9.17, 15) is 9.59 Å². The second-order valence-corrected chi connectivity index (χ2v) is 6.88. The lowest BCUT2D eigenvalue weighted by Crippen LogP contribution is -2.47. The van der Waals surface area contributed by atoms with Crippen LogP contribution in [-0.2, 0) is 38.0 Å². The van der Waals surface area contributed by atoms with Crippen molar-refractivity contribution in [2.24, 2.45) is 0 Å². The van der Waals surface area contributed by atoms with Crippen LogP contribution < -0.4 is 0 Å². The van der Waals surface area contributed by atoms with Gasteiger partial charge >= 0.3 is 11.9 Å². The Hall–Kier alpha value is -1.22. The molecular weight excluding hydrogens is 320 g/mol. The Labute approximate surface area is 141 Å². The van der Waals surface area contributed by atoms with Crippen molar-refractivity contribution in [3.8, 4) is 0 Å². The van der Waals surface area contributed by atoms with Gasteiger partial charge in [-0.05, 0) is 27.7 Å². The number of hydrogen-bond acceptors (Lipinski definition) is 8. The van der Waals surface area contributed by atoms with E-state index in [2.05, 4.69) is 0 Å². The minimum atomic E-state index is -0.889. The van der Waals surface area contributed by atoms with Crippen LogP contribution in [0.2, 0.25) is 0 Å². The number of carbonyl (C=O) groups is 2. The lowest BCUT2D eigenvalue weighted by molar-refractivity contribution is -0.179. The van der Waals surface area contributed by atoms with Crippen molar-refractivity contribution in [3.63, 3.8) is 0 Å². The van der Waals surface area contributed by atoms with Crippen molar-refractivity contribution >= 4 is 11.9 Å². The van der Waals surface area contributed by atoms with E-state index < -0.39 is 41.8 Å². The van der Waals surface area contributed by atoms with Gasteiger partial charge in [-0.3, -0.25) is 9.59 Å². The summed E-state index contributed by atoms with van der Waals surface area (Å²) in [6.07, 6.45) is -2.36. The van der Waals surface area contributed by atoms with Crippen LogP contribution in [0.1, 0.15) is 41.5 Å². The zero-order valence-electron chi connectivity index (χ0n) is 15.0. The Morgan fingerprint density at radius 2 is 1.71 bits per heavy atom. The summed E-state index contributed by atoms with van der Waals surface area (Å²) >= 11 is 0. The van der Waals surface area contributed by atoms with Crippen LogP contribution in [0.4, 0.5) is 0 Å². The molecule has 0 aromatic rings. The number of hydrogen-bond donors (Lipinski definition) is 0. The topological polar surface area (TPSA) is 89.5 Å². The molecule has 0 aliphatic carbocycles. The molecule has 2 rings (SSSR count). The summed E-state index contributed by atoms with van der Waals surface area (Å²) in [5.74, 6) is -2.58. The van der Waals surface area contributed by atoms with Crippen molar-refractivity contribution in [2.75, 3.05) is 13.2 Å². The van der Waals surface area contributed by atoms with E-state index in [1.54, 1.807) is 13.8 Å². The molecule has 138 valence electrons. The minimum absolute atomic E-state index is 0.119. The van der Waals surface area contributed by atoms with Gasteiger partial charge in [0.1, 0.15) is 24.9 Å². The second-order valence-electron chi connectivity index (χ2n) is 6.88. The van der Waals surface area contributed by atoms with E-state index in [4.69, 9.17) is 28.4 Å². The fourth-order valence-corrected chi connectivity index (χ4v) is 2.88. The largest absolute Gasteiger partial charge is 0.462 e. The molecule has 2 saturated heterocycles. The summed E-state index contributed by atoms with van der Waals surface area (Å²) in [5, 5.41) is 0. The summed E-state index contributed by atoms with van der Waals surface area (Å²) in [4.78, 5) is 22.6. The molecule has 0 unspecified atom stereocenters.